The lowest BCUT2D eigenvalue weighted by Gasteiger charge is -2.28. The summed E-state index contributed by atoms with van der Waals surface area (Å²) < 4.78 is 138. The smallest absolute Gasteiger partial charge is 0.303 e. The van der Waals surface area contributed by atoms with E-state index in [0.29, 0.717) is 73.4 Å². The predicted octanol–water partition coefficient (Wildman–Crippen LogP) is 7.28. The summed E-state index contributed by atoms with van der Waals surface area (Å²) in [7, 11) is -17.8. The number of unbranched alkanes of at least 4 members (excludes halogenated alkanes) is 2. The maximum Gasteiger partial charge on any atom is 0.303 e. The number of nitrogens with one attached hydrogen (secondary N) is 1. The quantitative estimate of drug-likeness (QED) is 0.0422. The van der Waals surface area contributed by atoms with Crippen molar-refractivity contribution in [1.29, 1.82) is 0 Å². The molecule has 2 aliphatic heterocycles. The number of hydrogen-bond donors (Lipinski definition) is 5. The fourth-order valence-corrected chi connectivity index (χ4v) is 11.3. The fourth-order valence-electron chi connectivity index (χ4n) is 9.14. The minimum absolute atomic E-state index is 0.0335. The first kappa shape index (κ1) is 52.4. The molecule has 5 N–H and O–H groups in total. The van der Waals surface area contributed by atoms with E-state index in [9.17, 15) is 61.8 Å². The second-order valence-electron chi connectivity index (χ2n) is 18.3. The van der Waals surface area contributed by atoms with Crippen LogP contribution in [0.5, 0.6) is 0 Å². The summed E-state index contributed by atoms with van der Waals surface area (Å²) in [6, 6.07) is 16.1. The molecule has 2 heterocycles. The topological polar surface area (TPSA) is 276 Å². The number of aliphatic carboxylic acids is 1. The number of benzene rings is 3. The molecule has 0 amide bonds. The van der Waals surface area contributed by atoms with Gasteiger partial charge in [0.25, 0.3) is 30.4 Å². The third-order valence-corrected chi connectivity index (χ3v) is 15.9. The monoisotopic (exact) mass is 1020 g/mol. The van der Waals surface area contributed by atoms with E-state index in [0.717, 1.165) is 40.2 Å². The first-order chi connectivity index (χ1) is 31.6. The average molecular weight is 1020 g/mol. The van der Waals surface area contributed by atoms with E-state index < -0.39 is 68.8 Å². The molecule has 17 nitrogen and oxygen atoms in total. The third kappa shape index (κ3) is 12.6. The van der Waals surface area contributed by atoms with Crippen molar-refractivity contribution in [3.8, 4) is 0 Å². The summed E-state index contributed by atoms with van der Waals surface area (Å²) in [6.07, 6.45) is 11.0. The lowest BCUT2D eigenvalue weighted by molar-refractivity contribution is -0.438. The van der Waals surface area contributed by atoms with Crippen LogP contribution in [-0.2, 0) is 62.5 Å². The summed E-state index contributed by atoms with van der Waals surface area (Å²) in [5.41, 5.74) is 6.52. The number of fused-ring (bicyclic) bond motifs is 2. The van der Waals surface area contributed by atoms with Crippen molar-refractivity contribution in [1.82, 2.24) is 0 Å². The molecule has 68 heavy (non-hydrogen) atoms. The molecule has 21 heteroatoms. The Hall–Kier alpha value is -5.00. The van der Waals surface area contributed by atoms with Gasteiger partial charge in [0.1, 0.15) is 6.54 Å². The number of allylic oxidation sites excluding steroid dienone is 7. The number of nitrogens with zero attached hydrogens (tertiary/aromatic N) is 2. The Balaban J connectivity index is 1.47. The molecule has 0 aromatic heterocycles. The molecule has 0 fully saturated rings. The maximum atomic E-state index is 12.3. The second-order valence-corrected chi connectivity index (χ2v) is 24.2. The number of aryl methyl sites for hydroxylation is 1. The molecular formula is C47H57N3O14S4. The van der Waals surface area contributed by atoms with Crippen LogP contribution in [0.15, 0.2) is 117 Å². The van der Waals surface area contributed by atoms with Crippen molar-refractivity contribution >= 4 is 69.2 Å². The number of carboxylic acid groups (broad SMARTS) is 1. The molecule has 0 atom stereocenters. The summed E-state index contributed by atoms with van der Waals surface area (Å²) in [4.78, 5) is 12.7. The molecule has 0 bridgehead atoms. The fraction of sp³-hybridized carbons (Fsp3) is 0.404. The first-order valence-corrected chi connectivity index (χ1v) is 28.1. The Morgan fingerprint density at radius 3 is 2.01 bits per heavy atom. The molecule has 0 saturated heterocycles. The maximum absolute atomic E-state index is 12.3. The van der Waals surface area contributed by atoms with E-state index in [1.54, 1.807) is 12.1 Å². The van der Waals surface area contributed by atoms with Crippen molar-refractivity contribution in [2.75, 3.05) is 34.8 Å². The van der Waals surface area contributed by atoms with Crippen LogP contribution < -0.4 is 10.2 Å². The van der Waals surface area contributed by atoms with Crippen LogP contribution in [0.1, 0.15) is 95.8 Å². The highest BCUT2D eigenvalue weighted by atomic mass is 32.2. The zero-order valence-electron chi connectivity index (χ0n) is 38.2. The van der Waals surface area contributed by atoms with Crippen molar-refractivity contribution in [3.05, 3.63) is 124 Å². The average Bonchev–Trinajstić information content (AvgIpc) is 3.58. The lowest BCUT2D eigenvalue weighted by atomic mass is 9.81. The SMILES string of the molecule is CC1(C)C(=CC=C2CCCC(C=CC3=[N+](CCCCS(=O)(=O)O)c4ccc(S(=O)(=O)O)cc4C3(C)C)=C2Nc2ccc(CCC(=O)O)cc2)N(CCCCS(=O)(=O)[O-])c2ccc(S(=O)(=O)O)cc21. The molecule has 0 unspecified atom stereocenters. The van der Waals surface area contributed by atoms with Crippen molar-refractivity contribution < 1.29 is 66.4 Å². The van der Waals surface area contributed by atoms with Gasteiger partial charge in [0.05, 0.1) is 31.1 Å². The van der Waals surface area contributed by atoms with E-state index in [-0.39, 0.29) is 29.1 Å². The highest BCUT2D eigenvalue weighted by Gasteiger charge is 2.45. The van der Waals surface area contributed by atoms with Crippen molar-refractivity contribution in [2.45, 2.75) is 106 Å². The number of carboxylic acids is 1. The largest absolute Gasteiger partial charge is 0.748 e. The van der Waals surface area contributed by atoms with Crippen LogP contribution in [0.4, 0.5) is 17.1 Å². The van der Waals surface area contributed by atoms with Crippen LogP contribution in [-0.4, -0.2) is 97.8 Å². The molecule has 368 valence electrons. The molecule has 0 radical (unpaired) electrons. The summed E-state index contributed by atoms with van der Waals surface area (Å²) in [6.45, 7) is 8.27. The molecule has 0 saturated carbocycles. The Bertz CT molecular complexity index is 3100. The van der Waals surface area contributed by atoms with E-state index in [4.69, 9.17) is 0 Å². The van der Waals surface area contributed by atoms with Crippen molar-refractivity contribution in [2.24, 2.45) is 0 Å². The minimum Gasteiger partial charge on any atom is -0.748 e. The highest BCUT2D eigenvalue weighted by molar-refractivity contribution is 7.86. The Morgan fingerprint density at radius 1 is 0.765 bits per heavy atom. The van der Waals surface area contributed by atoms with Gasteiger partial charge in [0, 0.05) is 71.0 Å². The standard InChI is InChI=1S/C47H57N3O14S4/c1-46(2)38-30-36(67(59,60)61)19-21-40(38)49(26-5-7-28-65(53,54)55)42(46)23-15-33-10-9-11-34(45(33)48-35-17-12-32(13-18-35)14-25-44(51)52)16-24-43-47(3,4)39-31-37(68(62,63)64)20-22-41(39)50(43)27-6-8-29-66(56,57)58/h12-13,15-24,30-31H,5-11,14,25-29H2,1-4H3,(H5,51,52,53,54,55,56,57,58,59,60,61,62,63,64). The summed E-state index contributed by atoms with van der Waals surface area (Å²) in [5, 5.41) is 12.8. The van der Waals surface area contributed by atoms with E-state index in [1.807, 2.05) is 85.7 Å². The first-order valence-electron chi connectivity index (χ1n) is 22.0. The predicted molar refractivity (Wildman–Crippen MR) is 257 cm³/mol. The van der Waals surface area contributed by atoms with Gasteiger partial charge in [-0.15, -0.1) is 0 Å². The molecule has 3 aromatic rings. The van der Waals surface area contributed by atoms with Crippen LogP contribution in [0.2, 0.25) is 0 Å². The Kier molecular flexibility index (Phi) is 15.5. The molecule has 3 aromatic carbocycles. The minimum atomic E-state index is -4.56. The van der Waals surface area contributed by atoms with Gasteiger partial charge < -0.3 is 19.9 Å². The van der Waals surface area contributed by atoms with Gasteiger partial charge in [0.2, 0.25) is 5.69 Å². The van der Waals surface area contributed by atoms with E-state index in [2.05, 4.69) is 5.32 Å². The Labute approximate surface area is 398 Å². The third-order valence-electron chi connectivity index (χ3n) is 12.7. The van der Waals surface area contributed by atoms with E-state index in [1.165, 1.54) is 24.3 Å². The van der Waals surface area contributed by atoms with Gasteiger partial charge in [0.15, 0.2) is 5.71 Å². The van der Waals surface area contributed by atoms with Gasteiger partial charge in [-0.05, 0) is 130 Å². The van der Waals surface area contributed by atoms with Crippen LogP contribution in [0.3, 0.4) is 0 Å². The molecule has 3 aliphatic rings. The van der Waals surface area contributed by atoms with Gasteiger partial charge in [-0.25, -0.2) is 8.42 Å². The van der Waals surface area contributed by atoms with Crippen LogP contribution in [0.25, 0.3) is 0 Å². The van der Waals surface area contributed by atoms with Gasteiger partial charge in [-0.2, -0.15) is 29.8 Å². The van der Waals surface area contributed by atoms with Crippen LogP contribution >= 0.6 is 0 Å². The number of rotatable bonds is 20. The van der Waals surface area contributed by atoms with Gasteiger partial charge in [-0.3, -0.25) is 18.5 Å². The zero-order valence-corrected chi connectivity index (χ0v) is 41.4. The number of carbonyl (C=O) groups is 1. The highest BCUT2D eigenvalue weighted by Crippen LogP contribution is 2.49. The molecule has 0 spiro atoms. The number of hydrogen-bond acceptors (Lipinski definition) is 12. The van der Waals surface area contributed by atoms with Gasteiger partial charge in [-0.1, -0.05) is 38.1 Å². The molecule has 1 aliphatic carbocycles. The summed E-state index contributed by atoms with van der Waals surface area (Å²) >= 11 is 0. The molecular weight excluding hydrogens is 959 g/mol. The zero-order chi connectivity index (χ0) is 50.0. The van der Waals surface area contributed by atoms with Crippen molar-refractivity contribution in [3.63, 3.8) is 0 Å². The van der Waals surface area contributed by atoms with Crippen LogP contribution in [0, 0.1) is 0 Å². The summed E-state index contributed by atoms with van der Waals surface area (Å²) in [5.74, 6) is -1.89. The second kappa shape index (κ2) is 20.2. The molecule has 6 rings (SSSR count). The normalized spacial score (nSPS) is 18.5. The van der Waals surface area contributed by atoms with Gasteiger partial charge >= 0.3 is 5.97 Å². The van der Waals surface area contributed by atoms with E-state index >= 15 is 0 Å². The Morgan fingerprint density at radius 2 is 1.40 bits per heavy atom. The lowest BCUT2D eigenvalue weighted by Crippen LogP contribution is -2.28. The number of anilines is 2.